The molecule has 1 aliphatic carbocycles. The smallest absolute Gasteiger partial charge is 0.364 e. The zero-order valence-electron chi connectivity index (χ0n) is 11.0. The fourth-order valence-corrected chi connectivity index (χ4v) is 2.88. The molecule has 20 heavy (non-hydrogen) atoms. The van der Waals surface area contributed by atoms with Gasteiger partial charge in [-0.05, 0) is 24.3 Å². The van der Waals surface area contributed by atoms with Gasteiger partial charge in [-0.3, -0.25) is 0 Å². The number of benzene rings is 1. The summed E-state index contributed by atoms with van der Waals surface area (Å²) in [6.45, 7) is 0. The molecule has 3 N–H and O–H groups in total. The molecule has 5 nitrogen and oxygen atoms in total. The zero-order valence-corrected chi connectivity index (χ0v) is 11.0. The second-order valence-electron chi connectivity index (χ2n) is 5.31. The SMILES string of the molecule is NC1=C(O)OC2(CCC(c3ccccc3)CC2)OC1=O. The zero-order chi connectivity index (χ0) is 14.2. The third-order valence-corrected chi connectivity index (χ3v) is 4.03. The van der Waals surface area contributed by atoms with Gasteiger partial charge in [-0.1, -0.05) is 30.3 Å². The van der Waals surface area contributed by atoms with Crippen LogP contribution in [0, 0.1) is 0 Å². The normalized spacial score (nSPS) is 30.0. The molecule has 0 unspecified atom stereocenters. The average molecular weight is 275 g/mol. The van der Waals surface area contributed by atoms with E-state index in [1.54, 1.807) is 0 Å². The standard InChI is InChI=1S/C15H17NO4/c16-12-13(17)19-15(20-14(12)18)8-6-11(7-9-15)10-4-2-1-3-5-10/h1-5,11,17H,6-9,16H2. The van der Waals surface area contributed by atoms with Crippen LogP contribution in [0.3, 0.4) is 0 Å². The Kier molecular flexibility index (Phi) is 3.04. The Labute approximate surface area is 117 Å². The van der Waals surface area contributed by atoms with Crippen molar-refractivity contribution in [3.63, 3.8) is 0 Å². The minimum atomic E-state index is -1.05. The van der Waals surface area contributed by atoms with Crippen LogP contribution < -0.4 is 5.73 Å². The van der Waals surface area contributed by atoms with Crippen LogP contribution in [-0.2, 0) is 14.3 Å². The van der Waals surface area contributed by atoms with Gasteiger partial charge >= 0.3 is 11.9 Å². The fraction of sp³-hybridized carbons (Fsp3) is 0.400. The Hall–Kier alpha value is -2.17. The van der Waals surface area contributed by atoms with Crippen molar-refractivity contribution in [3.05, 3.63) is 47.5 Å². The highest BCUT2D eigenvalue weighted by Gasteiger charge is 2.46. The maximum Gasteiger partial charge on any atom is 0.364 e. The summed E-state index contributed by atoms with van der Waals surface area (Å²) in [5.74, 6) is -1.84. The molecule has 0 aromatic heterocycles. The maximum atomic E-state index is 11.6. The summed E-state index contributed by atoms with van der Waals surface area (Å²) in [5.41, 5.74) is 6.28. The van der Waals surface area contributed by atoms with Crippen LogP contribution in [0.25, 0.3) is 0 Å². The van der Waals surface area contributed by atoms with Crippen LogP contribution in [0.5, 0.6) is 0 Å². The molecule has 5 heteroatoms. The Bertz CT molecular complexity index is 544. The average Bonchev–Trinajstić information content (AvgIpc) is 2.46. The lowest BCUT2D eigenvalue weighted by molar-refractivity contribution is -0.251. The molecule has 0 amide bonds. The first-order valence-electron chi connectivity index (χ1n) is 6.76. The number of carbonyl (C=O) groups excluding carboxylic acids is 1. The van der Waals surface area contributed by atoms with E-state index in [1.165, 1.54) is 5.56 Å². The molecule has 1 aromatic rings. The number of nitrogens with two attached hydrogens (primary N) is 1. The van der Waals surface area contributed by atoms with Gasteiger partial charge in [0.05, 0.1) is 0 Å². The third-order valence-electron chi connectivity index (χ3n) is 4.03. The molecule has 1 spiro atoms. The predicted octanol–water partition coefficient (Wildman–Crippen LogP) is 2.30. The van der Waals surface area contributed by atoms with Crippen molar-refractivity contribution in [2.75, 3.05) is 0 Å². The van der Waals surface area contributed by atoms with E-state index in [0.717, 1.165) is 12.8 Å². The van der Waals surface area contributed by atoms with Gasteiger partial charge < -0.3 is 20.3 Å². The molecule has 1 aliphatic heterocycles. The van der Waals surface area contributed by atoms with E-state index in [-0.39, 0.29) is 5.70 Å². The lowest BCUT2D eigenvalue weighted by Gasteiger charge is -2.40. The van der Waals surface area contributed by atoms with E-state index in [9.17, 15) is 9.90 Å². The fourth-order valence-electron chi connectivity index (χ4n) is 2.88. The Balaban J connectivity index is 1.72. The summed E-state index contributed by atoms with van der Waals surface area (Å²) in [6, 6.07) is 10.2. The first kappa shape index (κ1) is 12.8. The second-order valence-corrected chi connectivity index (χ2v) is 5.31. The van der Waals surface area contributed by atoms with Crippen LogP contribution in [0.2, 0.25) is 0 Å². The number of ether oxygens (including phenoxy) is 2. The molecule has 106 valence electrons. The molecule has 2 aliphatic rings. The quantitative estimate of drug-likeness (QED) is 0.768. The molecular weight excluding hydrogens is 258 g/mol. The third kappa shape index (κ3) is 2.19. The number of aliphatic hydroxyl groups is 1. The van der Waals surface area contributed by atoms with E-state index in [4.69, 9.17) is 15.2 Å². The number of rotatable bonds is 1. The Morgan fingerprint density at radius 1 is 1.15 bits per heavy atom. The van der Waals surface area contributed by atoms with Gasteiger partial charge in [0.1, 0.15) is 0 Å². The van der Waals surface area contributed by atoms with E-state index in [2.05, 4.69) is 12.1 Å². The molecule has 1 saturated carbocycles. The molecular formula is C15H17NO4. The molecule has 0 radical (unpaired) electrons. The molecule has 0 atom stereocenters. The summed E-state index contributed by atoms with van der Waals surface area (Å²) in [4.78, 5) is 11.6. The first-order valence-corrected chi connectivity index (χ1v) is 6.76. The van der Waals surface area contributed by atoms with Gasteiger partial charge in [-0.2, -0.15) is 0 Å². The van der Waals surface area contributed by atoms with Crippen molar-refractivity contribution in [1.29, 1.82) is 0 Å². The number of hydrogen-bond acceptors (Lipinski definition) is 5. The first-order chi connectivity index (χ1) is 9.60. The van der Waals surface area contributed by atoms with Gasteiger partial charge in [0.2, 0.25) is 0 Å². The minimum absolute atomic E-state index is 0.360. The number of esters is 1. The lowest BCUT2D eigenvalue weighted by atomic mass is 9.81. The minimum Gasteiger partial charge on any atom is -0.479 e. The summed E-state index contributed by atoms with van der Waals surface area (Å²) in [7, 11) is 0. The van der Waals surface area contributed by atoms with Gasteiger partial charge in [0, 0.05) is 12.8 Å². The maximum absolute atomic E-state index is 11.6. The van der Waals surface area contributed by atoms with E-state index in [0.29, 0.717) is 18.8 Å². The van der Waals surface area contributed by atoms with Crippen molar-refractivity contribution < 1.29 is 19.4 Å². The largest absolute Gasteiger partial charge is 0.479 e. The van der Waals surface area contributed by atoms with Crippen molar-refractivity contribution >= 4 is 5.97 Å². The molecule has 0 saturated heterocycles. The summed E-state index contributed by atoms with van der Waals surface area (Å²) in [5, 5.41) is 9.58. The topological polar surface area (TPSA) is 81.8 Å². The van der Waals surface area contributed by atoms with Crippen molar-refractivity contribution in [1.82, 2.24) is 0 Å². The second kappa shape index (κ2) is 4.74. The van der Waals surface area contributed by atoms with Crippen LogP contribution >= 0.6 is 0 Å². The summed E-state index contributed by atoms with van der Waals surface area (Å²) >= 11 is 0. The highest BCUT2D eigenvalue weighted by molar-refractivity contribution is 5.88. The van der Waals surface area contributed by atoms with Crippen molar-refractivity contribution in [2.24, 2.45) is 5.73 Å². The van der Waals surface area contributed by atoms with Crippen molar-refractivity contribution in [2.45, 2.75) is 37.4 Å². The van der Waals surface area contributed by atoms with E-state index < -0.39 is 17.7 Å². The van der Waals surface area contributed by atoms with Gasteiger partial charge in [0.25, 0.3) is 5.79 Å². The van der Waals surface area contributed by atoms with Crippen LogP contribution in [0.15, 0.2) is 42.0 Å². The molecule has 3 rings (SSSR count). The van der Waals surface area contributed by atoms with E-state index in [1.807, 2.05) is 18.2 Å². The number of aliphatic hydroxyl groups excluding tert-OH is 1. The predicted molar refractivity (Wildman–Crippen MR) is 71.4 cm³/mol. The van der Waals surface area contributed by atoms with Gasteiger partial charge in [-0.25, -0.2) is 4.79 Å². The Morgan fingerprint density at radius 2 is 1.80 bits per heavy atom. The number of hydrogen-bond donors (Lipinski definition) is 2. The van der Waals surface area contributed by atoms with Gasteiger partial charge in [0.15, 0.2) is 5.70 Å². The Morgan fingerprint density at radius 3 is 2.40 bits per heavy atom. The van der Waals surface area contributed by atoms with Crippen LogP contribution in [-0.4, -0.2) is 16.9 Å². The van der Waals surface area contributed by atoms with Gasteiger partial charge in [-0.15, -0.1) is 0 Å². The molecule has 0 bridgehead atoms. The van der Waals surface area contributed by atoms with Crippen LogP contribution in [0.1, 0.15) is 37.2 Å². The molecule has 1 aromatic carbocycles. The van der Waals surface area contributed by atoms with Crippen molar-refractivity contribution in [3.8, 4) is 0 Å². The highest BCUT2D eigenvalue weighted by Crippen LogP contribution is 2.43. The van der Waals surface area contributed by atoms with Crippen LogP contribution in [0.4, 0.5) is 0 Å². The van der Waals surface area contributed by atoms with E-state index >= 15 is 0 Å². The monoisotopic (exact) mass is 275 g/mol. The lowest BCUT2D eigenvalue weighted by Crippen LogP contribution is -2.46. The summed E-state index contributed by atoms with van der Waals surface area (Å²) in [6.07, 6.45) is 2.78. The highest BCUT2D eigenvalue weighted by atomic mass is 16.8. The molecule has 1 fully saturated rings. The molecule has 1 heterocycles. The number of carbonyl (C=O) groups is 1. The summed E-state index contributed by atoms with van der Waals surface area (Å²) < 4.78 is 10.6.